The van der Waals surface area contributed by atoms with E-state index in [2.05, 4.69) is 6.58 Å². The van der Waals surface area contributed by atoms with Crippen LogP contribution in [0.15, 0.2) is 36.0 Å². The quantitative estimate of drug-likeness (QED) is 0.599. The summed E-state index contributed by atoms with van der Waals surface area (Å²) >= 11 is 0. The fourth-order valence-corrected chi connectivity index (χ4v) is 0.854. The summed E-state index contributed by atoms with van der Waals surface area (Å²) in [6.45, 7) is 9.82. The molecule has 1 heterocycles. The highest BCUT2D eigenvalue weighted by Crippen LogP contribution is 2.31. The second-order valence-electron chi connectivity index (χ2n) is 3.90. The van der Waals surface area contributed by atoms with E-state index in [1.54, 1.807) is 6.08 Å². The van der Waals surface area contributed by atoms with Gasteiger partial charge in [0.2, 0.25) is 0 Å². The van der Waals surface area contributed by atoms with Crippen LogP contribution in [0, 0.1) is 5.41 Å². The molecule has 2 nitrogen and oxygen atoms in total. The zero-order chi connectivity index (χ0) is 9.35. The van der Waals surface area contributed by atoms with Gasteiger partial charge in [0.15, 0.2) is 5.76 Å². The molecule has 1 aliphatic rings. The van der Waals surface area contributed by atoms with Crippen LogP contribution in [0.2, 0.25) is 0 Å². The van der Waals surface area contributed by atoms with Crippen molar-refractivity contribution in [2.75, 3.05) is 0 Å². The Balaban J connectivity index is 2.88. The summed E-state index contributed by atoms with van der Waals surface area (Å²) in [7, 11) is 0. The van der Waals surface area contributed by atoms with Crippen LogP contribution in [0.25, 0.3) is 0 Å². The lowest BCUT2D eigenvalue weighted by Crippen LogP contribution is -2.13. The Morgan fingerprint density at radius 1 is 1.42 bits per heavy atom. The Hall–Kier alpha value is -1.18. The van der Waals surface area contributed by atoms with E-state index in [0.29, 0.717) is 5.57 Å². The fourth-order valence-electron chi connectivity index (χ4n) is 0.854. The molecule has 0 radical (unpaired) electrons. The van der Waals surface area contributed by atoms with Crippen molar-refractivity contribution in [2.45, 2.75) is 20.8 Å². The third-order valence-electron chi connectivity index (χ3n) is 1.67. The molecule has 0 unspecified atom stereocenters. The molecule has 0 amide bonds. The minimum absolute atomic E-state index is 0.0415. The first kappa shape index (κ1) is 8.91. The molecular weight excluding hydrogens is 152 g/mol. The van der Waals surface area contributed by atoms with Crippen LogP contribution in [-0.2, 0) is 4.74 Å². The lowest BCUT2D eigenvalue weighted by molar-refractivity contribution is 0.225. The van der Waals surface area contributed by atoms with Crippen LogP contribution in [0.3, 0.4) is 0 Å². The average molecular weight is 166 g/mol. The molecular formula is C10H14O2. The monoisotopic (exact) mass is 166 g/mol. The molecule has 1 rings (SSSR count). The summed E-state index contributed by atoms with van der Waals surface area (Å²) in [4.78, 5) is 0. The van der Waals surface area contributed by atoms with E-state index >= 15 is 0 Å². The van der Waals surface area contributed by atoms with Crippen molar-refractivity contribution in [1.29, 1.82) is 0 Å². The van der Waals surface area contributed by atoms with Crippen LogP contribution in [-0.4, -0.2) is 5.11 Å². The van der Waals surface area contributed by atoms with Gasteiger partial charge in [-0.15, -0.1) is 0 Å². The zero-order valence-corrected chi connectivity index (χ0v) is 7.72. The summed E-state index contributed by atoms with van der Waals surface area (Å²) in [5.74, 6) is 0.924. The van der Waals surface area contributed by atoms with Crippen molar-refractivity contribution < 1.29 is 9.84 Å². The first-order valence-corrected chi connectivity index (χ1v) is 3.88. The third kappa shape index (κ3) is 1.70. The predicted octanol–water partition coefficient (Wildman–Crippen LogP) is 2.90. The summed E-state index contributed by atoms with van der Waals surface area (Å²) in [5, 5.41) is 9.15. The van der Waals surface area contributed by atoms with Gasteiger partial charge in [-0.3, -0.25) is 0 Å². The molecule has 0 aromatic rings. The zero-order valence-electron chi connectivity index (χ0n) is 7.72. The molecule has 0 aliphatic carbocycles. The molecule has 1 aliphatic heterocycles. The molecule has 2 heteroatoms. The van der Waals surface area contributed by atoms with Crippen molar-refractivity contribution in [1.82, 2.24) is 0 Å². The summed E-state index contributed by atoms with van der Waals surface area (Å²) in [5.41, 5.74) is 0.561. The maximum absolute atomic E-state index is 9.15. The number of hydrogen-bond acceptors (Lipinski definition) is 2. The number of aliphatic hydroxyl groups is 1. The maximum Gasteiger partial charge on any atom is 0.157 e. The van der Waals surface area contributed by atoms with E-state index in [4.69, 9.17) is 9.84 Å². The number of hydrogen-bond donors (Lipinski definition) is 1. The van der Waals surface area contributed by atoms with Gasteiger partial charge >= 0.3 is 0 Å². The van der Waals surface area contributed by atoms with Gasteiger partial charge in [0.1, 0.15) is 12.0 Å². The standard InChI is InChI=1S/C10H14O2/c1-7-5-9(10(2,3)4)12-6-8(7)11/h5-6,11H,1H2,2-4H3. The van der Waals surface area contributed by atoms with Gasteiger partial charge in [-0.1, -0.05) is 27.4 Å². The maximum atomic E-state index is 9.15. The van der Waals surface area contributed by atoms with Crippen LogP contribution in [0.5, 0.6) is 0 Å². The Bertz CT molecular complexity index is 264. The normalized spacial score (nSPS) is 18.1. The molecule has 0 aromatic heterocycles. The van der Waals surface area contributed by atoms with Gasteiger partial charge in [0, 0.05) is 11.0 Å². The second-order valence-corrected chi connectivity index (χ2v) is 3.90. The lowest BCUT2D eigenvalue weighted by atomic mass is 9.92. The molecule has 12 heavy (non-hydrogen) atoms. The smallest absolute Gasteiger partial charge is 0.157 e. The topological polar surface area (TPSA) is 29.5 Å². The van der Waals surface area contributed by atoms with E-state index < -0.39 is 0 Å². The molecule has 0 saturated heterocycles. The van der Waals surface area contributed by atoms with E-state index in [1.807, 2.05) is 20.8 Å². The van der Waals surface area contributed by atoms with Crippen LogP contribution < -0.4 is 0 Å². The van der Waals surface area contributed by atoms with Crippen molar-refractivity contribution >= 4 is 0 Å². The third-order valence-corrected chi connectivity index (χ3v) is 1.67. The van der Waals surface area contributed by atoms with Crippen molar-refractivity contribution in [2.24, 2.45) is 5.41 Å². The second kappa shape index (κ2) is 2.70. The Labute approximate surface area is 72.9 Å². The van der Waals surface area contributed by atoms with E-state index in [9.17, 15) is 0 Å². The summed E-state index contributed by atoms with van der Waals surface area (Å²) < 4.78 is 5.21. The van der Waals surface area contributed by atoms with Crippen molar-refractivity contribution in [3.05, 3.63) is 36.0 Å². The van der Waals surface area contributed by atoms with E-state index in [0.717, 1.165) is 5.76 Å². The van der Waals surface area contributed by atoms with Crippen LogP contribution in [0.1, 0.15) is 20.8 Å². The molecule has 0 saturated carbocycles. The average Bonchev–Trinajstić information content (AvgIpc) is 1.92. The minimum atomic E-state index is -0.0415. The van der Waals surface area contributed by atoms with Crippen molar-refractivity contribution in [3.8, 4) is 0 Å². The predicted molar refractivity (Wildman–Crippen MR) is 48.5 cm³/mol. The molecule has 66 valence electrons. The number of allylic oxidation sites excluding steroid dienone is 2. The number of ether oxygens (including phenoxy) is 1. The SMILES string of the molecule is C=C1C=C(C(C)(C)C)OC=C1O. The highest BCUT2D eigenvalue weighted by atomic mass is 16.5. The molecule has 0 fully saturated rings. The van der Waals surface area contributed by atoms with Gasteiger partial charge in [-0.25, -0.2) is 0 Å². The molecule has 0 aromatic carbocycles. The largest absolute Gasteiger partial charge is 0.504 e. The van der Waals surface area contributed by atoms with Crippen LogP contribution in [0.4, 0.5) is 0 Å². The first-order valence-electron chi connectivity index (χ1n) is 3.88. The highest BCUT2D eigenvalue weighted by molar-refractivity contribution is 5.37. The van der Waals surface area contributed by atoms with Gasteiger partial charge < -0.3 is 9.84 Å². The Kier molecular flexibility index (Phi) is 2.01. The highest BCUT2D eigenvalue weighted by Gasteiger charge is 2.21. The summed E-state index contributed by atoms with van der Waals surface area (Å²) in [6, 6.07) is 0. The molecule has 0 spiro atoms. The first-order chi connectivity index (χ1) is 5.41. The van der Waals surface area contributed by atoms with Crippen molar-refractivity contribution in [3.63, 3.8) is 0 Å². The Morgan fingerprint density at radius 2 is 2.00 bits per heavy atom. The molecule has 0 bridgehead atoms. The Morgan fingerprint density at radius 3 is 2.42 bits per heavy atom. The van der Waals surface area contributed by atoms with Gasteiger partial charge in [0.25, 0.3) is 0 Å². The van der Waals surface area contributed by atoms with Gasteiger partial charge in [-0.05, 0) is 6.08 Å². The summed E-state index contributed by atoms with van der Waals surface area (Å²) in [6.07, 6.45) is 3.08. The van der Waals surface area contributed by atoms with E-state index in [1.165, 1.54) is 6.26 Å². The van der Waals surface area contributed by atoms with Gasteiger partial charge in [-0.2, -0.15) is 0 Å². The molecule has 0 atom stereocenters. The lowest BCUT2D eigenvalue weighted by Gasteiger charge is -2.24. The van der Waals surface area contributed by atoms with Crippen LogP contribution >= 0.6 is 0 Å². The van der Waals surface area contributed by atoms with E-state index in [-0.39, 0.29) is 11.2 Å². The van der Waals surface area contributed by atoms with Gasteiger partial charge in [0.05, 0.1) is 0 Å². The molecule has 1 N–H and O–H groups in total. The minimum Gasteiger partial charge on any atom is -0.504 e. The number of rotatable bonds is 0. The fraction of sp³-hybridized carbons (Fsp3) is 0.400. The number of aliphatic hydroxyl groups excluding tert-OH is 1.